The van der Waals surface area contributed by atoms with E-state index in [1.165, 1.54) is 15.9 Å². The fourth-order valence-corrected chi connectivity index (χ4v) is 1.51. The lowest BCUT2D eigenvalue weighted by Crippen LogP contribution is -2.07. The summed E-state index contributed by atoms with van der Waals surface area (Å²) >= 11 is 0. The van der Waals surface area contributed by atoms with Crippen LogP contribution in [-0.2, 0) is 6.42 Å². The Morgan fingerprint density at radius 2 is 2.00 bits per heavy atom. The highest BCUT2D eigenvalue weighted by Gasteiger charge is 2.03. The van der Waals surface area contributed by atoms with Gasteiger partial charge in [0.2, 0.25) is 0 Å². The van der Waals surface area contributed by atoms with Gasteiger partial charge in [-0.3, -0.25) is 0 Å². The van der Waals surface area contributed by atoms with Crippen molar-refractivity contribution in [2.75, 3.05) is 5.84 Å². The molecule has 0 saturated heterocycles. The van der Waals surface area contributed by atoms with Crippen LogP contribution in [-0.4, -0.2) is 9.89 Å². The summed E-state index contributed by atoms with van der Waals surface area (Å²) in [6.45, 7) is 1.97. The maximum atomic E-state index is 5.54. The Kier molecular flexibility index (Phi) is 2.23. The Morgan fingerprint density at radius 3 is 2.57 bits per heavy atom. The van der Waals surface area contributed by atoms with Crippen molar-refractivity contribution in [1.29, 1.82) is 0 Å². The molecule has 2 N–H and O–H groups in total. The van der Waals surface area contributed by atoms with Gasteiger partial charge < -0.3 is 5.84 Å². The average molecular weight is 187 g/mol. The number of hydrogen-bond donors (Lipinski definition) is 1. The predicted molar refractivity (Wildman–Crippen MR) is 56.4 cm³/mol. The molecule has 1 aromatic carbocycles. The third kappa shape index (κ3) is 1.76. The monoisotopic (exact) mass is 187 g/mol. The number of aromatic nitrogens is 2. The van der Waals surface area contributed by atoms with Crippen molar-refractivity contribution in [3.8, 4) is 0 Å². The number of nitrogens with two attached hydrogens (primary N) is 1. The van der Waals surface area contributed by atoms with Crippen LogP contribution < -0.4 is 5.84 Å². The third-order valence-corrected chi connectivity index (χ3v) is 2.26. The Hall–Kier alpha value is -1.77. The van der Waals surface area contributed by atoms with Crippen LogP contribution in [0.4, 0.5) is 0 Å². The normalized spacial score (nSPS) is 10.4. The molecule has 14 heavy (non-hydrogen) atoms. The van der Waals surface area contributed by atoms with E-state index in [1.54, 1.807) is 0 Å². The van der Waals surface area contributed by atoms with E-state index in [1.807, 2.05) is 31.3 Å². The number of rotatable bonds is 2. The minimum absolute atomic E-state index is 0.893. The smallest absolute Gasteiger partial charge is 0.0649 e. The van der Waals surface area contributed by atoms with E-state index in [-0.39, 0.29) is 0 Å². The SMILES string of the molecule is Cc1nn(N)cc1Cc1ccccc1. The Bertz CT molecular complexity index is 417. The zero-order chi connectivity index (χ0) is 9.97. The highest BCUT2D eigenvalue weighted by Crippen LogP contribution is 2.11. The molecule has 0 bridgehead atoms. The molecule has 0 aliphatic rings. The summed E-state index contributed by atoms with van der Waals surface area (Å²) in [5.74, 6) is 5.54. The van der Waals surface area contributed by atoms with Crippen LogP contribution in [0.3, 0.4) is 0 Å². The fourth-order valence-electron chi connectivity index (χ4n) is 1.51. The molecule has 2 rings (SSSR count). The molecular formula is C11H13N3. The molecule has 3 nitrogen and oxygen atoms in total. The van der Waals surface area contributed by atoms with E-state index in [2.05, 4.69) is 17.2 Å². The quantitative estimate of drug-likeness (QED) is 0.724. The molecule has 72 valence electrons. The van der Waals surface area contributed by atoms with E-state index in [0.717, 1.165) is 12.1 Å². The second kappa shape index (κ2) is 3.54. The van der Waals surface area contributed by atoms with Gasteiger partial charge in [-0.25, -0.2) is 0 Å². The number of hydrogen-bond acceptors (Lipinski definition) is 2. The molecule has 0 aliphatic heterocycles. The maximum Gasteiger partial charge on any atom is 0.0649 e. The van der Waals surface area contributed by atoms with Gasteiger partial charge >= 0.3 is 0 Å². The van der Waals surface area contributed by atoms with Crippen molar-refractivity contribution < 1.29 is 0 Å². The molecule has 3 heteroatoms. The van der Waals surface area contributed by atoms with E-state index in [4.69, 9.17) is 5.84 Å². The molecule has 0 spiro atoms. The molecule has 0 amide bonds. The van der Waals surface area contributed by atoms with Gasteiger partial charge in [-0.15, -0.1) is 0 Å². The maximum absolute atomic E-state index is 5.54. The lowest BCUT2D eigenvalue weighted by molar-refractivity contribution is 0.817. The second-order valence-electron chi connectivity index (χ2n) is 3.38. The van der Waals surface area contributed by atoms with Crippen molar-refractivity contribution in [2.24, 2.45) is 0 Å². The summed E-state index contributed by atoms with van der Waals surface area (Å²) in [7, 11) is 0. The predicted octanol–water partition coefficient (Wildman–Crippen LogP) is 1.50. The molecule has 0 aliphatic carbocycles. The van der Waals surface area contributed by atoms with Crippen LogP contribution in [0, 0.1) is 6.92 Å². The van der Waals surface area contributed by atoms with Crippen molar-refractivity contribution in [3.05, 3.63) is 53.3 Å². The highest BCUT2D eigenvalue weighted by atomic mass is 15.5. The fraction of sp³-hybridized carbons (Fsp3) is 0.182. The number of benzene rings is 1. The standard InChI is InChI=1S/C11H13N3/c1-9-11(8-14(12)13-9)7-10-5-3-2-4-6-10/h2-6,8H,7,12H2,1H3. The zero-order valence-electron chi connectivity index (χ0n) is 8.14. The second-order valence-corrected chi connectivity index (χ2v) is 3.38. The first-order valence-electron chi connectivity index (χ1n) is 4.60. The molecule has 0 atom stereocenters. The largest absolute Gasteiger partial charge is 0.323 e. The van der Waals surface area contributed by atoms with E-state index >= 15 is 0 Å². The molecule has 0 radical (unpaired) electrons. The number of aryl methyl sites for hydroxylation is 1. The van der Waals surface area contributed by atoms with E-state index in [0.29, 0.717) is 0 Å². The topological polar surface area (TPSA) is 43.8 Å². The Balaban J connectivity index is 2.23. The first-order valence-corrected chi connectivity index (χ1v) is 4.60. The van der Waals surface area contributed by atoms with Gasteiger partial charge in [0, 0.05) is 6.42 Å². The lowest BCUT2D eigenvalue weighted by Gasteiger charge is -1.98. The van der Waals surface area contributed by atoms with Crippen LogP contribution in [0.25, 0.3) is 0 Å². The molecule has 1 heterocycles. The average Bonchev–Trinajstić information content (AvgIpc) is 2.47. The van der Waals surface area contributed by atoms with Crippen molar-refractivity contribution in [2.45, 2.75) is 13.3 Å². The van der Waals surface area contributed by atoms with E-state index < -0.39 is 0 Å². The van der Waals surface area contributed by atoms with E-state index in [9.17, 15) is 0 Å². The Labute approximate surface area is 83.1 Å². The van der Waals surface area contributed by atoms with Crippen molar-refractivity contribution >= 4 is 0 Å². The van der Waals surface area contributed by atoms with Gasteiger partial charge in [0.15, 0.2) is 0 Å². The molecule has 0 saturated carbocycles. The summed E-state index contributed by atoms with van der Waals surface area (Å²) in [6, 6.07) is 10.3. The summed E-state index contributed by atoms with van der Waals surface area (Å²) in [6.07, 6.45) is 2.76. The number of nitrogen functional groups attached to an aromatic ring is 1. The minimum Gasteiger partial charge on any atom is -0.323 e. The van der Waals surface area contributed by atoms with Gasteiger partial charge in [0.1, 0.15) is 0 Å². The van der Waals surface area contributed by atoms with Gasteiger partial charge in [-0.05, 0) is 18.1 Å². The number of nitrogens with zero attached hydrogens (tertiary/aromatic N) is 2. The van der Waals surface area contributed by atoms with Crippen LogP contribution in [0.5, 0.6) is 0 Å². The third-order valence-electron chi connectivity index (χ3n) is 2.26. The van der Waals surface area contributed by atoms with Crippen LogP contribution in [0.2, 0.25) is 0 Å². The van der Waals surface area contributed by atoms with Gasteiger partial charge in [0.25, 0.3) is 0 Å². The van der Waals surface area contributed by atoms with Crippen LogP contribution >= 0.6 is 0 Å². The van der Waals surface area contributed by atoms with Crippen molar-refractivity contribution in [1.82, 2.24) is 9.89 Å². The van der Waals surface area contributed by atoms with Crippen LogP contribution in [0.1, 0.15) is 16.8 Å². The van der Waals surface area contributed by atoms with Gasteiger partial charge in [0.05, 0.1) is 11.9 Å². The summed E-state index contributed by atoms with van der Waals surface area (Å²) in [5, 5.41) is 4.10. The van der Waals surface area contributed by atoms with Crippen molar-refractivity contribution in [3.63, 3.8) is 0 Å². The summed E-state index contributed by atoms with van der Waals surface area (Å²) in [4.78, 5) is 1.37. The summed E-state index contributed by atoms with van der Waals surface area (Å²) < 4.78 is 0. The molecular weight excluding hydrogens is 174 g/mol. The Morgan fingerprint density at radius 1 is 1.29 bits per heavy atom. The first kappa shape index (κ1) is 8.81. The van der Waals surface area contributed by atoms with Gasteiger partial charge in [-0.1, -0.05) is 30.3 Å². The zero-order valence-corrected chi connectivity index (χ0v) is 8.14. The molecule has 0 unspecified atom stereocenters. The first-order chi connectivity index (χ1) is 6.75. The minimum atomic E-state index is 0.893. The van der Waals surface area contributed by atoms with Crippen LogP contribution in [0.15, 0.2) is 36.5 Å². The molecule has 0 fully saturated rings. The van der Waals surface area contributed by atoms with Gasteiger partial charge in [-0.2, -0.15) is 9.89 Å². The molecule has 2 aromatic rings. The lowest BCUT2D eigenvalue weighted by atomic mass is 10.1. The molecule has 1 aromatic heterocycles. The highest BCUT2D eigenvalue weighted by molar-refractivity contribution is 5.26. The summed E-state index contributed by atoms with van der Waals surface area (Å²) in [5.41, 5.74) is 3.46.